The van der Waals surface area contributed by atoms with Gasteiger partial charge in [0.05, 0.1) is 0 Å². The molecule has 2 rings (SSSR count). The van der Waals surface area contributed by atoms with Gasteiger partial charge in [0, 0.05) is 22.9 Å². The van der Waals surface area contributed by atoms with Crippen molar-refractivity contribution in [3.05, 3.63) is 34.9 Å². The minimum Gasteiger partial charge on any atom is -0.296 e. The minimum absolute atomic E-state index is 0.810. The predicted octanol–water partition coefficient (Wildman–Crippen LogP) is 4.48. The van der Waals surface area contributed by atoms with Gasteiger partial charge in [0.25, 0.3) is 0 Å². The van der Waals surface area contributed by atoms with Gasteiger partial charge in [0.1, 0.15) is 0 Å². The Balaban J connectivity index is 1.93. The first-order valence-corrected chi connectivity index (χ1v) is 7.84. The Hall–Kier alpha value is -0.0500. The molecular formula is C14H19BrClN. The van der Waals surface area contributed by atoms with Crippen molar-refractivity contribution in [2.45, 2.75) is 38.3 Å². The van der Waals surface area contributed by atoms with Gasteiger partial charge < -0.3 is 0 Å². The maximum atomic E-state index is 5.91. The molecular weight excluding hydrogens is 298 g/mol. The first-order valence-electron chi connectivity index (χ1n) is 6.34. The Morgan fingerprint density at radius 2 is 1.94 bits per heavy atom. The van der Waals surface area contributed by atoms with E-state index in [0.717, 1.165) is 22.9 Å². The lowest BCUT2D eigenvalue weighted by atomic mass is 9.91. The molecule has 1 fully saturated rings. The normalized spacial score (nSPS) is 16.2. The van der Waals surface area contributed by atoms with E-state index < -0.39 is 0 Å². The fourth-order valence-corrected chi connectivity index (χ4v) is 2.61. The molecule has 0 bridgehead atoms. The number of benzene rings is 1. The molecule has 1 aliphatic rings. The zero-order chi connectivity index (χ0) is 12.1. The second-order valence-electron chi connectivity index (χ2n) is 4.72. The topological polar surface area (TPSA) is 3.24 Å². The molecule has 0 saturated heterocycles. The van der Waals surface area contributed by atoms with Crippen LogP contribution in [-0.2, 0) is 6.54 Å². The maximum Gasteiger partial charge on any atom is 0.0406 e. The van der Waals surface area contributed by atoms with Gasteiger partial charge in [-0.25, -0.2) is 0 Å². The third-order valence-corrected chi connectivity index (χ3v) is 4.28. The molecule has 0 N–H and O–H groups in total. The highest BCUT2D eigenvalue weighted by molar-refractivity contribution is 9.09. The van der Waals surface area contributed by atoms with E-state index >= 15 is 0 Å². The van der Waals surface area contributed by atoms with E-state index in [1.807, 2.05) is 12.1 Å². The van der Waals surface area contributed by atoms with Crippen molar-refractivity contribution in [3.63, 3.8) is 0 Å². The summed E-state index contributed by atoms with van der Waals surface area (Å²) in [7, 11) is 0. The molecule has 1 saturated carbocycles. The zero-order valence-electron chi connectivity index (χ0n) is 10.0. The van der Waals surface area contributed by atoms with Crippen LogP contribution >= 0.6 is 27.5 Å². The van der Waals surface area contributed by atoms with Gasteiger partial charge in [-0.05, 0) is 43.5 Å². The highest BCUT2D eigenvalue weighted by Gasteiger charge is 2.24. The summed E-state index contributed by atoms with van der Waals surface area (Å²) in [5, 5.41) is 1.92. The van der Waals surface area contributed by atoms with E-state index in [1.165, 1.54) is 37.8 Å². The summed E-state index contributed by atoms with van der Waals surface area (Å²) in [6.07, 6.45) is 5.37. The van der Waals surface area contributed by atoms with E-state index in [9.17, 15) is 0 Å². The molecule has 3 heteroatoms. The van der Waals surface area contributed by atoms with Crippen LogP contribution in [0.3, 0.4) is 0 Å². The number of alkyl halides is 1. The Bertz CT molecular complexity index is 335. The number of hydrogen-bond donors (Lipinski definition) is 0. The molecule has 0 aliphatic heterocycles. The number of hydrogen-bond acceptors (Lipinski definition) is 1. The van der Waals surface area contributed by atoms with Crippen molar-refractivity contribution < 1.29 is 0 Å². The number of rotatable bonds is 6. The van der Waals surface area contributed by atoms with Gasteiger partial charge in [-0.2, -0.15) is 0 Å². The molecule has 0 radical (unpaired) electrons. The summed E-state index contributed by atoms with van der Waals surface area (Å²) in [5.41, 5.74) is 1.37. The smallest absolute Gasteiger partial charge is 0.0406 e. The SMILES string of the molecule is Clc1ccc(CN(CCCBr)C2CCC2)cc1. The van der Waals surface area contributed by atoms with Gasteiger partial charge >= 0.3 is 0 Å². The number of nitrogens with zero attached hydrogens (tertiary/aromatic N) is 1. The summed E-state index contributed by atoms with van der Waals surface area (Å²) >= 11 is 9.43. The number of halogens is 2. The van der Waals surface area contributed by atoms with E-state index in [-0.39, 0.29) is 0 Å². The van der Waals surface area contributed by atoms with Crippen LogP contribution in [0.5, 0.6) is 0 Å². The summed E-state index contributed by atoms with van der Waals surface area (Å²) in [4.78, 5) is 2.62. The molecule has 0 atom stereocenters. The quantitative estimate of drug-likeness (QED) is 0.699. The van der Waals surface area contributed by atoms with Crippen LogP contribution in [0.1, 0.15) is 31.2 Å². The standard InChI is InChI=1S/C14H19BrClN/c15-9-2-10-17(14-3-1-4-14)11-12-5-7-13(16)8-6-12/h5-8,14H,1-4,9-11H2. The Labute approximate surface area is 117 Å². The molecule has 0 unspecified atom stereocenters. The summed E-state index contributed by atoms with van der Waals surface area (Å²) < 4.78 is 0. The highest BCUT2D eigenvalue weighted by atomic mass is 79.9. The van der Waals surface area contributed by atoms with Crippen molar-refractivity contribution in [3.8, 4) is 0 Å². The minimum atomic E-state index is 0.810. The second kappa shape index (κ2) is 6.77. The molecule has 1 nitrogen and oxygen atoms in total. The van der Waals surface area contributed by atoms with Gasteiger partial charge in [0.2, 0.25) is 0 Å². The molecule has 0 aromatic heterocycles. The Morgan fingerprint density at radius 1 is 1.24 bits per heavy atom. The van der Waals surface area contributed by atoms with Crippen molar-refractivity contribution in [1.29, 1.82) is 0 Å². The largest absolute Gasteiger partial charge is 0.296 e. The molecule has 1 aromatic carbocycles. The monoisotopic (exact) mass is 315 g/mol. The van der Waals surface area contributed by atoms with Crippen LogP contribution in [0.4, 0.5) is 0 Å². The maximum absolute atomic E-state index is 5.91. The van der Waals surface area contributed by atoms with Crippen molar-refractivity contribution in [2.24, 2.45) is 0 Å². The van der Waals surface area contributed by atoms with Crippen LogP contribution in [0.2, 0.25) is 5.02 Å². The van der Waals surface area contributed by atoms with Crippen molar-refractivity contribution >= 4 is 27.5 Å². The third-order valence-electron chi connectivity index (χ3n) is 3.47. The lowest BCUT2D eigenvalue weighted by molar-refractivity contribution is 0.120. The van der Waals surface area contributed by atoms with E-state index in [2.05, 4.69) is 33.0 Å². The summed E-state index contributed by atoms with van der Waals surface area (Å²) in [6, 6.07) is 9.06. The first kappa shape index (κ1) is 13.4. The van der Waals surface area contributed by atoms with Gasteiger partial charge in [-0.3, -0.25) is 4.90 Å². The fraction of sp³-hybridized carbons (Fsp3) is 0.571. The molecule has 0 amide bonds. The van der Waals surface area contributed by atoms with Crippen LogP contribution in [0, 0.1) is 0 Å². The van der Waals surface area contributed by atoms with Crippen LogP contribution < -0.4 is 0 Å². The third kappa shape index (κ3) is 3.97. The molecule has 94 valence electrons. The van der Waals surface area contributed by atoms with E-state index in [1.54, 1.807) is 0 Å². The van der Waals surface area contributed by atoms with Crippen LogP contribution in [0.25, 0.3) is 0 Å². The molecule has 1 aliphatic carbocycles. The molecule has 1 aromatic rings. The van der Waals surface area contributed by atoms with Crippen LogP contribution in [-0.4, -0.2) is 22.8 Å². The van der Waals surface area contributed by atoms with Crippen LogP contribution in [0.15, 0.2) is 24.3 Å². The average Bonchev–Trinajstić information content (AvgIpc) is 2.26. The Kier molecular flexibility index (Phi) is 5.33. The lowest BCUT2D eigenvalue weighted by Crippen LogP contribution is -2.40. The van der Waals surface area contributed by atoms with Crippen molar-refractivity contribution in [2.75, 3.05) is 11.9 Å². The van der Waals surface area contributed by atoms with Crippen molar-refractivity contribution in [1.82, 2.24) is 4.90 Å². The molecule has 0 heterocycles. The highest BCUT2D eigenvalue weighted by Crippen LogP contribution is 2.26. The summed E-state index contributed by atoms with van der Waals surface area (Å²) in [5.74, 6) is 0. The summed E-state index contributed by atoms with van der Waals surface area (Å²) in [6.45, 7) is 2.26. The lowest BCUT2D eigenvalue weighted by Gasteiger charge is -2.37. The Morgan fingerprint density at radius 3 is 2.47 bits per heavy atom. The average molecular weight is 317 g/mol. The van der Waals surface area contributed by atoms with Gasteiger partial charge in [0.15, 0.2) is 0 Å². The van der Waals surface area contributed by atoms with Gasteiger partial charge in [-0.1, -0.05) is 46.1 Å². The predicted molar refractivity (Wildman–Crippen MR) is 77.9 cm³/mol. The zero-order valence-corrected chi connectivity index (χ0v) is 12.4. The molecule has 17 heavy (non-hydrogen) atoms. The van der Waals surface area contributed by atoms with Gasteiger partial charge in [-0.15, -0.1) is 0 Å². The second-order valence-corrected chi connectivity index (χ2v) is 5.95. The fourth-order valence-electron chi connectivity index (χ4n) is 2.23. The first-order chi connectivity index (χ1) is 8.29. The molecule has 0 spiro atoms. The van der Waals surface area contributed by atoms with E-state index in [4.69, 9.17) is 11.6 Å². The van der Waals surface area contributed by atoms with E-state index in [0.29, 0.717) is 0 Å².